The number of aromatic nitrogens is 2. The molecule has 0 bridgehead atoms. The molecule has 0 aliphatic carbocycles. The fourth-order valence-electron chi connectivity index (χ4n) is 4.86. The van der Waals surface area contributed by atoms with Crippen molar-refractivity contribution < 1.29 is 23.2 Å². The summed E-state index contributed by atoms with van der Waals surface area (Å²) >= 11 is 0. The summed E-state index contributed by atoms with van der Waals surface area (Å²) in [6.45, 7) is 1.05. The van der Waals surface area contributed by atoms with Gasteiger partial charge < -0.3 is 19.5 Å². The zero-order chi connectivity index (χ0) is 24.8. The number of aromatic amines is 1. The first-order valence-corrected chi connectivity index (χ1v) is 11.8. The van der Waals surface area contributed by atoms with E-state index < -0.39 is 11.7 Å². The van der Waals surface area contributed by atoms with E-state index in [4.69, 9.17) is 4.42 Å². The number of furan rings is 1. The van der Waals surface area contributed by atoms with Gasteiger partial charge in [0.2, 0.25) is 5.91 Å². The van der Waals surface area contributed by atoms with Gasteiger partial charge in [-0.25, -0.2) is 4.39 Å². The number of nitrogens with zero attached hydrogens (tertiary/aromatic N) is 3. The summed E-state index contributed by atoms with van der Waals surface area (Å²) in [7, 11) is 0. The normalized spacial score (nSPS) is 15.9. The molecular weight excluding hydrogens is 465 g/mol. The quantitative estimate of drug-likeness (QED) is 0.447. The Morgan fingerprint density at radius 2 is 1.75 bits per heavy atom. The maximum Gasteiger partial charge on any atom is 0.276 e. The Labute approximate surface area is 204 Å². The van der Waals surface area contributed by atoms with E-state index in [1.165, 1.54) is 18.4 Å². The Kier molecular flexibility index (Phi) is 5.28. The second kappa shape index (κ2) is 8.63. The number of carbonyl (C=O) groups is 3. The van der Waals surface area contributed by atoms with Crippen LogP contribution in [0.4, 0.5) is 21.5 Å². The maximum absolute atomic E-state index is 14.7. The zero-order valence-electron chi connectivity index (χ0n) is 19.2. The van der Waals surface area contributed by atoms with Crippen molar-refractivity contribution in [3.05, 3.63) is 71.5 Å². The summed E-state index contributed by atoms with van der Waals surface area (Å²) in [5, 5.41) is 9.57. The van der Waals surface area contributed by atoms with E-state index in [2.05, 4.69) is 15.5 Å². The third-order valence-corrected chi connectivity index (χ3v) is 6.74. The number of fused-ring (bicyclic) bond motifs is 2. The van der Waals surface area contributed by atoms with Crippen LogP contribution in [0.3, 0.4) is 0 Å². The van der Waals surface area contributed by atoms with Crippen LogP contribution >= 0.6 is 0 Å². The third kappa shape index (κ3) is 3.62. The molecule has 1 fully saturated rings. The Balaban J connectivity index is 1.20. The first-order valence-electron chi connectivity index (χ1n) is 11.8. The highest BCUT2D eigenvalue weighted by atomic mass is 19.1. The van der Waals surface area contributed by atoms with Crippen LogP contribution in [0.5, 0.6) is 0 Å². The highest BCUT2D eigenvalue weighted by Crippen LogP contribution is 2.30. The fourth-order valence-corrected chi connectivity index (χ4v) is 4.86. The number of piperidine rings is 1. The lowest BCUT2D eigenvalue weighted by atomic mass is 10.0. The summed E-state index contributed by atoms with van der Waals surface area (Å²) in [6, 6.07) is 11.8. The number of nitrogens with one attached hydrogen (secondary N) is 2. The van der Waals surface area contributed by atoms with Crippen molar-refractivity contribution in [2.24, 2.45) is 0 Å². The number of H-pyrrole nitrogens is 1. The minimum absolute atomic E-state index is 0.00156. The molecule has 10 heteroatoms. The lowest BCUT2D eigenvalue weighted by Crippen LogP contribution is -2.38. The highest BCUT2D eigenvalue weighted by molar-refractivity contribution is 6.11. The van der Waals surface area contributed by atoms with Crippen molar-refractivity contribution in [2.45, 2.75) is 25.7 Å². The number of benzene rings is 2. The van der Waals surface area contributed by atoms with Crippen LogP contribution in [0.1, 0.15) is 45.8 Å². The van der Waals surface area contributed by atoms with E-state index in [1.807, 2.05) is 24.3 Å². The van der Waals surface area contributed by atoms with Gasteiger partial charge in [-0.15, -0.1) is 0 Å². The number of anilines is 3. The first kappa shape index (κ1) is 22.0. The average molecular weight is 487 g/mol. The molecule has 2 aliphatic heterocycles. The first-order chi connectivity index (χ1) is 17.5. The Hall–Kier alpha value is -4.47. The number of carbonyl (C=O) groups excluding carboxylic acids is 3. The molecule has 2 aromatic carbocycles. The van der Waals surface area contributed by atoms with Gasteiger partial charge in [0.1, 0.15) is 11.3 Å². The van der Waals surface area contributed by atoms with Crippen LogP contribution in [0.15, 0.2) is 53.1 Å². The molecule has 0 saturated carbocycles. The number of amides is 3. The number of hydrogen-bond donors (Lipinski definition) is 2. The molecule has 0 atom stereocenters. The zero-order valence-corrected chi connectivity index (χ0v) is 19.2. The molecule has 36 heavy (non-hydrogen) atoms. The second-order valence-electron chi connectivity index (χ2n) is 8.87. The molecule has 0 radical (unpaired) electrons. The van der Waals surface area contributed by atoms with Gasteiger partial charge >= 0.3 is 0 Å². The van der Waals surface area contributed by atoms with Gasteiger partial charge in [-0.3, -0.25) is 19.5 Å². The average Bonchev–Trinajstić information content (AvgIpc) is 3.55. The van der Waals surface area contributed by atoms with Gasteiger partial charge in [0, 0.05) is 36.4 Å². The van der Waals surface area contributed by atoms with Gasteiger partial charge in [-0.1, -0.05) is 0 Å². The van der Waals surface area contributed by atoms with E-state index in [0.29, 0.717) is 42.8 Å². The summed E-state index contributed by atoms with van der Waals surface area (Å²) in [4.78, 5) is 41.7. The standard InChI is InChI=1S/C26H22FN5O4/c27-22-17-11-14-36-20(17)9-8-19(22)28-25(34)23-18-10-13-32(26(35)24(18)30-29-23)16-6-4-15(5-7-16)31-12-2-1-3-21(31)33/h4-9,11,14H,1-3,10,12-13H2,(H,28,34)(H,29,30). The monoisotopic (exact) mass is 487 g/mol. The van der Waals surface area contributed by atoms with Crippen LogP contribution in [0, 0.1) is 5.82 Å². The Morgan fingerprint density at radius 3 is 2.53 bits per heavy atom. The molecule has 0 unspecified atom stereocenters. The maximum atomic E-state index is 14.7. The van der Waals surface area contributed by atoms with Crippen molar-refractivity contribution in [1.29, 1.82) is 0 Å². The van der Waals surface area contributed by atoms with Gasteiger partial charge in [0.15, 0.2) is 11.5 Å². The predicted molar refractivity (Wildman–Crippen MR) is 131 cm³/mol. The highest BCUT2D eigenvalue weighted by Gasteiger charge is 2.32. The molecule has 0 spiro atoms. The molecule has 182 valence electrons. The Bertz CT molecular complexity index is 1510. The van der Waals surface area contributed by atoms with Crippen molar-refractivity contribution in [3.8, 4) is 0 Å². The van der Waals surface area contributed by atoms with E-state index >= 15 is 0 Å². The van der Waals surface area contributed by atoms with E-state index in [9.17, 15) is 18.8 Å². The molecule has 2 N–H and O–H groups in total. The minimum Gasteiger partial charge on any atom is -0.464 e. The predicted octanol–water partition coefficient (Wildman–Crippen LogP) is 4.27. The van der Waals surface area contributed by atoms with E-state index in [1.54, 1.807) is 15.9 Å². The van der Waals surface area contributed by atoms with Gasteiger partial charge in [0.05, 0.1) is 17.3 Å². The largest absolute Gasteiger partial charge is 0.464 e. The molecule has 6 rings (SSSR count). The van der Waals surface area contributed by atoms with Crippen molar-refractivity contribution >= 4 is 45.8 Å². The van der Waals surface area contributed by atoms with Gasteiger partial charge in [0.25, 0.3) is 11.8 Å². The molecular formula is C26H22FN5O4. The molecule has 4 heterocycles. The third-order valence-electron chi connectivity index (χ3n) is 6.74. The molecule has 9 nitrogen and oxygen atoms in total. The van der Waals surface area contributed by atoms with Gasteiger partial charge in [-0.2, -0.15) is 5.10 Å². The molecule has 3 amide bonds. The Morgan fingerprint density at radius 1 is 0.972 bits per heavy atom. The lowest BCUT2D eigenvalue weighted by Gasteiger charge is -2.29. The van der Waals surface area contributed by atoms with Crippen LogP contribution < -0.4 is 15.1 Å². The van der Waals surface area contributed by atoms with E-state index in [0.717, 1.165) is 18.5 Å². The van der Waals surface area contributed by atoms with Crippen molar-refractivity contribution in [1.82, 2.24) is 10.2 Å². The van der Waals surface area contributed by atoms with Crippen molar-refractivity contribution in [2.75, 3.05) is 28.2 Å². The summed E-state index contributed by atoms with van der Waals surface area (Å²) in [5.41, 5.74) is 2.67. The number of halogens is 1. The number of rotatable bonds is 4. The summed E-state index contributed by atoms with van der Waals surface area (Å²) in [5.74, 6) is -1.40. The molecule has 1 saturated heterocycles. The summed E-state index contributed by atoms with van der Waals surface area (Å²) in [6.07, 6.45) is 4.21. The fraction of sp³-hybridized carbons (Fsp3) is 0.231. The molecule has 2 aliphatic rings. The van der Waals surface area contributed by atoms with Crippen molar-refractivity contribution in [3.63, 3.8) is 0 Å². The second-order valence-corrected chi connectivity index (χ2v) is 8.87. The minimum atomic E-state index is -0.606. The molecule has 4 aromatic rings. The topological polar surface area (TPSA) is 112 Å². The number of hydrogen-bond acceptors (Lipinski definition) is 5. The van der Waals surface area contributed by atoms with Gasteiger partial charge in [-0.05, 0) is 61.7 Å². The van der Waals surface area contributed by atoms with Crippen LogP contribution in [0.2, 0.25) is 0 Å². The van der Waals surface area contributed by atoms with E-state index in [-0.39, 0.29) is 34.3 Å². The van der Waals surface area contributed by atoms with Crippen LogP contribution in [0.25, 0.3) is 11.0 Å². The smallest absolute Gasteiger partial charge is 0.276 e. The van der Waals surface area contributed by atoms with Crippen LogP contribution in [-0.4, -0.2) is 41.0 Å². The SMILES string of the molecule is O=C(Nc1ccc2occc2c1F)c1n[nH]c2c1CCN(c1ccc(N3CCCCC3=O)cc1)C2=O. The summed E-state index contributed by atoms with van der Waals surface area (Å²) < 4.78 is 19.9. The molecule has 2 aromatic heterocycles. The lowest BCUT2D eigenvalue weighted by molar-refractivity contribution is -0.119. The van der Waals surface area contributed by atoms with Crippen LogP contribution in [-0.2, 0) is 11.2 Å².